The minimum Gasteiger partial charge on any atom is -0.465 e. The zero-order valence-electron chi connectivity index (χ0n) is 7.73. The smallest absolute Gasteiger partial charge is 0.192 e. The number of nitrogens with zero attached hydrogens (tertiary/aromatic N) is 1. The normalized spacial score (nSPS) is 20.1. The fourth-order valence-corrected chi connectivity index (χ4v) is 1.72. The number of aryl methyl sites for hydroxylation is 1. The van der Waals surface area contributed by atoms with Gasteiger partial charge in [-0.3, -0.25) is 4.98 Å². The minimum absolute atomic E-state index is 0.0622. The molecule has 0 saturated heterocycles. The van der Waals surface area contributed by atoms with Crippen LogP contribution in [0.3, 0.4) is 0 Å². The molecule has 0 fully saturated rings. The number of fused-ring (bicyclic) bond motifs is 1. The van der Waals surface area contributed by atoms with Crippen molar-refractivity contribution in [1.82, 2.24) is 4.98 Å². The number of aliphatic hydroxyl groups is 1. The maximum absolute atomic E-state index is 9.63. The molecular formula is C9H11NO3S. The average Bonchev–Trinajstić information content (AvgIpc) is 2.20. The molecule has 0 amide bonds. The van der Waals surface area contributed by atoms with E-state index in [4.69, 9.17) is 9.47 Å². The largest absolute Gasteiger partial charge is 0.465 e. The summed E-state index contributed by atoms with van der Waals surface area (Å²) < 4.78 is 10.3. The van der Waals surface area contributed by atoms with Gasteiger partial charge in [-0.25, -0.2) is 0 Å². The Balaban J connectivity index is 2.58. The van der Waals surface area contributed by atoms with Crippen molar-refractivity contribution in [2.45, 2.75) is 19.0 Å². The summed E-state index contributed by atoms with van der Waals surface area (Å²) in [5, 5.41) is 9.63. The molecule has 1 unspecified atom stereocenters. The Morgan fingerprint density at radius 2 is 2.50 bits per heavy atom. The van der Waals surface area contributed by atoms with Crippen LogP contribution in [0, 0.1) is 6.92 Å². The molecule has 4 nitrogen and oxygen atoms in total. The highest BCUT2D eigenvalue weighted by Gasteiger charge is 2.24. The molecule has 5 heteroatoms. The van der Waals surface area contributed by atoms with Gasteiger partial charge in [0.05, 0.1) is 11.3 Å². The van der Waals surface area contributed by atoms with Gasteiger partial charge in [-0.2, -0.15) is 12.6 Å². The molecule has 1 aromatic heterocycles. The molecule has 1 atom stereocenters. The second kappa shape index (κ2) is 3.76. The maximum Gasteiger partial charge on any atom is 0.192 e. The van der Waals surface area contributed by atoms with E-state index in [-0.39, 0.29) is 6.79 Å². The van der Waals surface area contributed by atoms with E-state index in [1.54, 1.807) is 6.20 Å². The number of rotatable bonds is 1. The van der Waals surface area contributed by atoms with Gasteiger partial charge in [0.15, 0.2) is 18.8 Å². The third-order valence-corrected chi connectivity index (χ3v) is 2.52. The monoisotopic (exact) mass is 213 g/mol. The maximum atomic E-state index is 9.63. The van der Waals surface area contributed by atoms with Crippen LogP contribution in [-0.2, 0) is 10.5 Å². The SMILES string of the molecule is Cc1ncc(CS)c2c1OCOC2O. The zero-order chi connectivity index (χ0) is 10.1. The molecule has 0 radical (unpaired) electrons. The first kappa shape index (κ1) is 9.76. The summed E-state index contributed by atoms with van der Waals surface area (Å²) in [4.78, 5) is 4.16. The number of pyridine rings is 1. The molecule has 2 rings (SSSR count). The van der Waals surface area contributed by atoms with Crippen LogP contribution in [0.1, 0.15) is 23.1 Å². The van der Waals surface area contributed by atoms with Crippen molar-refractivity contribution in [3.63, 3.8) is 0 Å². The summed E-state index contributed by atoms with van der Waals surface area (Å²) in [6.07, 6.45) is 0.755. The van der Waals surface area contributed by atoms with E-state index < -0.39 is 6.29 Å². The van der Waals surface area contributed by atoms with Crippen molar-refractivity contribution in [2.24, 2.45) is 0 Å². The molecule has 0 bridgehead atoms. The molecule has 1 aromatic rings. The predicted molar refractivity (Wildman–Crippen MR) is 53.2 cm³/mol. The van der Waals surface area contributed by atoms with Crippen molar-refractivity contribution in [3.05, 3.63) is 23.0 Å². The Labute approximate surface area is 87.3 Å². The molecule has 2 heterocycles. The third-order valence-electron chi connectivity index (χ3n) is 2.18. The Morgan fingerprint density at radius 1 is 1.71 bits per heavy atom. The van der Waals surface area contributed by atoms with Gasteiger partial charge in [-0.1, -0.05) is 0 Å². The molecule has 0 spiro atoms. The lowest BCUT2D eigenvalue weighted by atomic mass is 10.1. The standard InChI is InChI=1S/C9H11NO3S/c1-5-8-7(6(3-14)2-10-5)9(11)13-4-12-8/h2,9,11,14H,3-4H2,1H3. The first-order valence-corrected chi connectivity index (χ1v) is 4.89. The highest BCUT2D eigenvalue weighted by atomic mass is 32.1. The van der Waals surface area contributed by atoms with Crippen molar-refractivity contribution >= 4 is 12.6 Å². The van der Waals surface area contributed by atoms with Crippen LogP contribution in [0.2, 0.25) is 0 Å². The van der Waals surface area contributed by atoms with Crippen molar-refractivity contribution in [2.75, 3.05) is 6.79 Å². The highest BCUT2D eigenvalue weighted by molar-refractivity contribution is 7.79. The van der Waals surface area contributed by atoms with E-state index in [1.807, 2.05) is 6.92 Å². The van der Waals surface area contributed by atoms with Gasteiger partial charge < -0.3 is 14.6 Å². The molecular weight excluding hydrogens is 202 g/mol. The number of hydrogen-bond donors (Lipinski definition) is 2. The number of thiol groups is 1. The molecule has 0 aromatic carbocycles. The molecule has 1 aliphatic rings. The fraction of sp³-hybridized carbons (Fsp3) is 0.444. The van der Waals surface area contributed by atoms with Gasteiger partial charge in [0.1, 0.15) is 0 Å². The van der Waals surface area contributed by atoms with Gasteiger partial charge >= 0.3 is 0 Å². The highest BCUT2D eigenvalue weighted by Crippen LogP contribution is 2.35. The molecule has 14 heavy (non-hydrogen) atoms. The predicted octanol–water partition coefficient (Wildman–Crippen LogP) is 1.18. The van der Waals surface area contributed by atoms with Crippen molar-refractivity contribution < 1.29 is 14.6 Å². The first-order valence-electron chi connectivity index (χ1n) is 4.25. The van der Waals surface area contributed by atoms with Gasteiger partial charge in [-0.05, 0) is 12.5 Å². The second-order valence-electron chi connectivity index (χ2n) is 3.05. The quantitative estimate of drug-likeness (QED) is 0.688. The topological polar surface area (TPSA) is 51.6 Å². The van der Waals surface area contributed by atoms with E-state index >= 15 is 0 Å². The summed E-state index contributed by atoms with van der Waals surface area (Å²) in [7, 11) is 0. The summed E-state index contributed by atoms with van der Waals surface area (Å²) in [6, 6.07) is 0. The number of aromatic nitrogens is 1. The summed E-state index contributed by atoms with van der Waals surface area (Å²) >= 11 is 4.16. The van der Waals surface area contributed by atoms with Crippen LogP contribution in [0.25, 0.3) is 0 Å². The van der Waals surface area contributed by atoms with Crippen LogP contribution in [-0.4, -0.2) is 16.9 Å². The lowest BCUT2D eigenvalue weighted by Gasteiger charge is -2.25. The fourth-order valence-electron chi connectivity index (χ4n) is 1.46. The minimum atomic E-state index is -0.928. The summed E-state index contributed by atoms with van der Waals surface area (Å²) in [5.74, 6) is 1.12. The molecule has 1 aliphatic heterocycles. The van der Waals surface area contributed by atoms with Gasteiger partial charge in [0, 0.05) is 11.9 Å². The first-order chi connectivity index (χ1) is 6.74. The van der Waals surface area contributed by atoms with Gasteiger partial charge in [0.2, 0.25) is 0 Å². The Kier molecular flexibility index (Phi) is 2.62. The zero-order valence-corrected chi connectivity index (χ0v) is 8.62. The van der Waals surface area contributed by atoms with Crippen LogP contribution in [0.4, 0.5) is 0 Å². The van der Waals surface area contributed by atoms with Gasteiger partial charge in [-0.15, -0.1) is 0 Å². The van der Waals surface area contributed by atoms with Crippen LogP contribution in [0.5, 0.6) is 5.75 Å². The molecule has 0 saturated carbocycles. The molecule has 1 N–H and O–H groups in total. The Bertz CT molecular complexity index is 356. The van der Waals surface area contributed by atoms with E-state index in [1.165, 1.54) is 0 Å². The second-order valence-corrected chi connectivity index (χ2v) is 3.37. The van der Waals surface area contributed by atoms with Crippen molar-refractivity contribution in [1.29, 1.82) is 0 Å². The van der Waals surface area contributed by atoms with Crippen LogP contribution < -0.4 is 4.74 Å². The number of ether oxygens (including phenoxy) is 2. The summed E-state index contributed by atoms with van der Waals surface area (Å²) in [6.45, 7) is 1.89. The lowest BCUT2D eigenvalue weighted by molar-refractivity contribution is -0.164. The van der Waals surface area contributed by atoms with E-state index in [2.05, 4.69) is 17.6 Å². The van der Waals surface area contributed by atoms with Crippen LogP contribution in [0.15, 0.2) is 6.20 Å². The lowest BCUT2D eigenvalue weighted by Crippen LogP contribution is -2.19. The van der Waals surface area contributed by atoms with E-state index in [9.17, 15) is 5.11 Å². The van der Waals surface area contributed by atoms with E-state index in [0.717, 1.165) is 11.3 Å². The number of aliphatic hydroxyl groups excluding tert-OH is 1. The van der Waals surface area contributed by atoms with Crippen LogP contribution >= 0.6 is 12.6 Å². The van der Waals surface area contributed by atoms with Crippen molar-refractivity contribution in [3.8, 4) is 5.75 Å². The van der Waals surface area contributed by atoms with E-state index in [0.29, 0.717) is 17.1 Å². The molecule has 0 aliphatic carbocycles. The third kappa shape index (κ3) is 1.47. The molecule has 76 valence electrons. The Morgan fingerprint density at radius 3 is 3.21 bits per heavy atom. The summed E-state index contributed by atoms with van der Waals surface area (Å²) in [5.41, 5.74) is 2.24. The Hall–Kier alpha value is -0.780. The average molecular weight is 213 g/mol. The number of hydrogen-bond acceptors (Lipinski definition) is 5. The van der Waals surface area contributed by atoms with Gasteiger partial charge in [0.25, 0.3) is 0 Å².